The molecule has 2 heterocycles. The van der Waals surface area contributed by atoms with E-state index in [0.717, 1.165) is 60.2 Å². The van der Waals surface area contributed by atoms with Crippen LogP contribution in [-0.2, 0) is 0 Å². The van der Waals surface area contributed by atoms with Crippen LogP contribution in [-0.4, -0.2) is 15.0 Å². The van der Waals surface area contributed by atoms with Crippen molar-refractivity contribution in [2.24, 2.45) is 0 Å². The zero-order valence-corrected chi connectivity index (χ0v) is 25.2. The highest BCUT2D eigenvalue weighted by molar-refractivity contribution is 6.20. The summed E-state index contributed by atoms with van der Waals surface area (Å²) in [5, 5.41) is 11.5. The molecule has 0 radical (unpaired) electrons. The van der Waals surface area contributed by atoms with Crippen LogP contribution in [0.4, 0.5) is 0 Å². The second-order valence-electron chi connectivity index (χ2n) is 12.0. The molecule has 0 amide bonds. The van der Waals surface area contributed by atoms with Crippen molar-refractivity contribution in [2.75, 3.05) is 0 Å². The van der Waals surface area contributed by atoms with Crippen LogP contribution in [0.25, 0.3) is 99.2 Å². The van der Waals surface area contributed by atoms with Crippen molar-refractivity contribution >= 4 is 65.0 Å². The standard InChI is InChI=1S/C43H25N3O/c1-2-11-29(12-3-1)41-44-42(30-20-22-34-36-24-18-27-10-5-7-15-32(27)40(36)47-38(34)25-30)46-43(45-41)37-16-8-13-28-19-21-33-31-14-6-4-9-26(31)17-23-35(33)39(28)37/h1-25H. The first-order valence-electron chi connectivity index (χ1n) is 15.8. The first-order valence-corrected chi connectivity index (χ1v) is 15.8. The van der Waals surface area contributed by atoms with Crippen LogP contribution in [0, 0.1) is 0 Å². The topological polar surface area (TPSA) is 51.8 Å². The van der Waals surface area contributed by atoms with Gasteiger partial charge in [-0.25, -0.2) is 15.0 Å². The number of nitrogens with zero attached hydrogens (tertiary/aromatic N) is 3. The third kappa shape index (κ3) is 4.05. The van der Waals surface area contributed by atoms with Crippen molar-refractivity contribution in [3.63, 3.8) is 0 Å². The van der Waals surface area contributed by atoms with Gasteiger partial charge < -0.3 is 4.42 Å². The molecular weight excluding hydrogens is 574 g/mol. The molecule has 0 bridgehead atoms. The molecule has 8 aromatic carbocycles. The van der Waals surface area contributed by atoms with E-state index >= 15 is 0 Å². The minimum absolute atomic E-state index is 0.601. The van der Waals surface area contributed by atoms with E-state index in [4.69, 9.17) is 19.4 Å². The third-order valence-corrected chi connectivity index (χ3v) is 9.30. The Morgan fingerprint density at radius 3 is 1.83 bits per heavy atom. The lowest BCUT2D eigenvalue weighted by molar-refractivity contribution is 0.673. The number of fused-ring (bicyclic) bond motifs is 10. The van der Waals surface area contributed by atoms with Gasteiger partial charge in [0.25, 0.3) is 0 Å². The van der Waals surface area contributed by atoms with Gasteiger partial charge in [-0.15, -0.1) is 0 Å². The molecule has 0 N–H and O–H groups in total. The molecule has 0 unspecified atom stereocenters. The zero-order chi connectivity index (χ0) is 30.9. The van der Waals surface area contributed by atoms with E-state index in [9.17, 15) is 0 Å². The summed E-state index contributed by atoms with van der Waals surface area (Å²) in [6, 6.07) is 52.8. The van der Waals surface area contributed by atoms with Crippen LogP contribution in [0.2, 0.25) is 0 Å². The minimum atomic E-state index is 0.601. The monoisotopic (exact) mass is 599 g/mol. The summed E-state index contributed by atoms with van der Waals surface area (Å²) in [5.74, 6) is 1.86. The Bertz CT molecular complexity index is 2850. The Labute approximate surface area is 269 Å². The average Bonchev–Trinajstić information content (AvgIpc) is 3.53. The lowest BCUT2D eigenvalue weighted by atomic mass is 9.94. The Morgan fingerprint density at radius 1 is 0.362 bits per heavy atom. The van der Waals surface area contributed by atoms with Crippen molar-refractivity contribution in [3.05, 3.63) is 152 Å². The second-order valence-corrected chi connectivity index (χ2v) is 12.0. The number of hydrogen-bond donors (Lipinski definition) is 0. The minimum Gasteiger partial charge on any atom is -0.455 e. The molecule has 0 fully saturated rings. The number of hydrogen-bond acceptors (Lipinski definition) is 4. The highest BCUT2D eigenvalue weighted by Crippen LogP contribution is 2.39. The summed E-state index contributed by atoms with van der Waals surface area (Å²) in [6.07, 6.45) is 0. The number of furan rings is 1. The highest BCUT2D eigenvalue weighted by Gasteiger charge is 2.18. The van der Waals surface area contributed by atoms with E-state index in [-0.39, 0.29) is 0 Å². The molecule has 47 heavy (non-hydrogen) atoms. The number of benzene rings is 8. The van der Waals surface area contributed by atoms with Gasteiger partial charge in [-0.2, -0.15) is 0 Å². The molecule has 4 heteroatoms. The molecule has 0 aliphatic rings. The normalized spacial score (nSPS) is 11.8. The number of rotatable bonds is 3. The van der Waals surface area contributed by atoms with Gasteiger partial charge in [0, 0.05) is 38.2 Å². The highest BCUT2D eigenvalue weighted by atomic mass is 16.3. The molecule has 0 saturated carbocycles. The summed E-state index contributed by atoms with van der Waals surface area (Å²) in [7, 11) is 0. The van der Waals surface area contributed by atoms with Gasteiger partial charge in [0.05, 0.1) is 0 Å². The van der Waals surface area contributed by atoms with Crippen molar-refractivity contribution in [3.8, 4) is 34.2 Å². The fraction of sp³-hybridized carbons (Fsp3) is 0. The molecule has 10 aromatic rings. The largest absolute Gasteiger partial charge is 0.455 e. The third-order valence-electron chi connectivity index (χ3n) is 9.30. The molecule has 0 aliphatic carbocycles. The molecule has 10 rings (SSSR count). The molecule has 0 aliphatic heterocycles. The van der Waals surface area contributed by atoms with Gasteiger partial charge in [-0.1, -0.05) is 133 Å². The smallest absolute Gasteiger partial charge is 0.164 e. The maximum Gasteiger partial charge on any atom is 0.164 e. The van der Waals surface area contributed by atoms with Gasteiger partial charge in [-0.05, 0) is 50.5 Å². The van der Waals surface area contributed by atoms with Crippen LogP contribution in [0.3, 0.4) is 0 Å². The lowest BCUT2D eigenvalue weighted by Gasteiger charge is -2.13. The predicted molar refractivity (Wildman–Crippen MR) is 193 cm³/mol. The summed E-state index contributed by atoms with van der Waals surface area (Å²) < 4.78 is 6.53. The second kappa shape index (κ2) is 10.1. The maximum absolute atomic E-state index is 6.53. The molecule has 0 spiro atoms. The molecule has 2 aromatic heterocycles. The van der Waals surface area contributed by atoms with Crippen LogP contribution in [0.1, 0.15) is 0 Å². The van der Waals surface area contributed by atoms with Crippen LogP contribution >= 0.6 is 0 Å². The van der Waals surface area contributed by atoms with E-state index in [2.05, 4.69) is 121 Å². The predicted octanol–water partition coefficient (Wildman–Crippen LogP) is 11.4. The van der Waals surface area contributed by atoms with Crippen molar-refractivity contribution in [1.82, 2.24) is 15.0 Å². The summed E-state index contributed by atoms with van der Waals surface area (Å²) >= 11 is 0. The molecule has 0 saturated heterocycles. The van der Waals surface area contributed by atoms with Crippen molar-refractivity contribution < 1.29 is 4.42 Å². The lowest BCUT2D eigenvalue weighted by Crippen LogP contribution is -2.00. The van der Waals surface area contributed by atoms with Gasteiger partial charge >= 0.3 is 0 Å². The van der Waals surface area contributed by atoms with Crippen molar-refractivity contribution in [1.29, 1.82) is 0 Å². The number of aromatic nitrogens is 3. The average molecular weight is 600 g/mol. The molecule has 0 atom stereocenters. The quantitative estimate of drug-likeness (QED) is 0.190. The maximum atomic E-state index is 6.53. The Balaban J connectivity index is 1.22. The zero-order valence-electron chi connectivity index (χ0n) is 25.2. The summed E-state index contributed by atoms with van der Waals surface area (Å²) in [5.41, 5.74) is 4.48. The van der Waals surface area contributed by atoms with E-state index in [1.165, 1.54) is 21.5 Å². The van der Waals surface area contributed by atoms with Crippen LogP contribution in [0.5, 0.6) is 0 Å². The fourth-order valence-corrected chi connectivity index (χ4v) is 7.05. The van der Waals surface area contributed by atoms with E-state index in [0.29, 0.717) is 17.5 Å². The molecular formula is C43H25N3O. The fourth-order valence-electron chi connectivity index (χ4n) is 7.05. The van der Waals surface area contributed by atoms with Gasteiger partial charge in [0.1, 0.15) is 11.2 Å². The van der Waals surface area contributed by atoms with Crippen LogP contribution < -0.4 is 0 Å². The Kier molecular flexibility index (Phi) is 5.54. The van der Waals surface area contributed by atoms with Gasteiger partial charge in [-0.3, -0.25) is 0 Å². The molecule has 4 nitrogen and oxygen atoms in total. The van der Waals surface area contributed by atoms with Crippen LogP contribution in [0.15, 0.2) is 156 Å². The first-order chi connectivity index (χ1) is 23.3. The van der Waals surface area contributed by atoms with Crippen molar-refractivity contribution in [2.45, 2.75) is 0 Å². The Morgan fingerprint density at radius 2 is 0.979 bits per heavy atom. The first kappa shape index (κ1) is 25.9. The van der Waals surface area contributed by atoms with E-state index < -0.39 is 0 Å². The Hall–Kier alpha value is -6.39. The van der Waals surface area contributed by atoms with E-state index in [1.807, 2.05) is 30.3 Å². The summed E-state index contributed by atoms with van der Waals surface area (Å²) in [4.78, 5) is 15.3. The van der Waals surface area contributed by atoms with Gasteiger partial charge in [0.15, 0.2) is 17.5 Å². The molecule has 218 valence electrons. The van der Waals surface area contributed by atoms with Gasteiger partial charge in [0.2, 0.25) is 0 Å². The SMILES string of the molecule is c1ccc(-c2nc(-c3ccc4c(c3)oc3c5ccccc5ccc43)nc(-c3cccc4ccc5c6ccccc6ccc5c34)n2)cc1. The summed E-state index contributed by atoms with van der Waals surface area (Å²) in [6.45, 7) is 0. The van der Waals surface area contributed by atoms with E-state index in [1.54, 1.807) is 0 Å².